The molecule has 7 heteroatoms. The summed E-state index contributed by atoms with van der Waals surface area (Å²) in [6, 6.07) is 20.9. The largest absolute Gasteiger partial charge is 0.493 e. The molecule has 0 amide bonds. The molecule has 4 aromatic rings. The number of carbonyl (C=O) groups is 1. The van der Waals surface area contributed by atoms with Crippen LogP contribution >= 0.6 is 0 Å². The molecule has 7 nitrogen and oxygen atoms in total. The molecule has 4 aromatic carbocycles. The Morgan fingerprint density at radius 1 is 0.650 bits per heavy atom. The Kier molecular flexibility index (Phi) is 10.1. The molecule has 0 atom stereocenters. The van der Waals surface area contributed by atoms with E-state index in [2.05, 4.69) is 41.3 Å². The molecule has 0 saturated carbocycles. The topological polar surface area (TPSA) is 66.5 Å². The van der Waals surface area contributed by atoms with Crippen molar-refractivity contribution in [2.75, 3.05) is 42.1 Å². The first-order valence-electron chi connectivity index (χ1n) is 13.6. The summed E-state index contributed by atoms with van der Waals surface area (Å²) in [5.74, 6) is 2.58. The van der Waals surface area contributed by atoms with Crippen LogP contribution in [0.1, 0.15) is 36.8 Å². The highest BCUT2D eigenvalue weighted by Crippen LogP contribution is 2.41. The van der Waals surface area contributed by atoms with E-state index in [-0.39, 0.29) is 5.97 Å². The van der Waals surface area contributed by atoms with Gasteiger partial charge in [-0.2, -0.15) is 0 Å². The van der Waals surface area contributed by atoms with Crippen LogP contribution in [0.15, 0.2) is 60.7 Å². The highest BCUT2D eigenvalue weighted by molar-refractivity contribution is 6.11. The molecule has 4 rings (SSSR count). The van der Waals surface area contributed by atoms with Gasteiger partial charge < -0.3 is 23.7 Å². The second-order valence-corrected chi connectivity index (χ2v) is 9.80. The van der Waals surface area contributed by atoms with Gasteiger partial charge in [0, 0.05) is 19.5 Å². The molecule has 0 radical (unpaired) electrons. The predicted octanol–water partition coefficient (Wildman–Crippen LogP) is 6.76. The van der Waals surface area contributed by atoms with E-state index < -0.39 is 0 Å². The van der Waals surface area contributed by atoms with Gasteiger partial charge in [-0.1, -0.05) is 36.8 Å². The molecular weight excluding hydrogens is 506 g/mol. The molecular formula is C33H39NO6. The third-order valence-electron chi connectivity index (χ3n) is 7.27. The van der Waals surface area contributed by atoms with Crippen LogP contribution in [-0.2, 0) is 22.6 Å². The quantitative estimate of drug-likeness (QED) is 0.0985. The van der Waals surface area contributed by atoms with E-state index in [9.17, 15) is 4.79 Å². The summed E-state index contributed by atoms with van der Waals surface area (Å²) in [6.45, 7) is 2.45. The molecule has 0 aromatic heterocycles. The lowest BCUT2D eigenvalue weighted by molar-refractivity contribution is -0.140. The van der Waals surface area contributed by atoms with Crippen LogP contribution in [0.25, 0.3) is 21.5 Å². The van der Waals surface area contributed by atoms with Crippen molar-refractivity contribution in [1.82, 2.24) is 4.90 Å². The van der Waals surface area contributed by atoms with Gasteiger partial charge in [0.2, 0.25) is 0 Å². The Bertz CT molecular complexity index is 1440. The molecule has 0 saturated heterocycles. The summed E-state index contributed by atoms with van der Waals surface area (Å²) >= 11 is 0. The molecule has 0 aliphatic heterocycles. The van der Waals surface area contributed by atoms with Crippen LogP contribution in [0.2, 0.25) is 0 Å². The summed E-state index contributed by atoms with van der Waals surface area (Å²) in [7, 11) is 8.06. The smallest absolute Gasteiger partial charge is 0.305 e. The Hall–Kier alpha value is -3.97. The minimum atomic E-state index is -0.153. The second kappa shape index (κ2) is 13.9. The van der Waals surface area contributed by atoms with Crippen LogP contribution < -0.4 is 18.9 Å². The first kappa shape index (κ1) is 29.0. The Morgan fingerprint density at radius 2 is 1.25 bits per heavy atom. The highest BCUT2D eigenvalue weighted by Gasteiger charge is 2.17. The number of rotatable bonds is 14. The van der Waals surface area contributed by atoms with E-state index in [1.54, 1.807) is 28.4 Å². The van der Waals surface area contributed by atoms with Crippen molar-refractivity contribution < 1.29 is 28.5 Å². The zero-order chi connectivity index (χ0) is 28.5. The lowest BCUT2D eigenvalue weighted by Gasteiger charge is -2.24. The van der Waals surface area contributed by atoms with Gasteiger partial charge in [-0.3, -0.25) is 9.69 Å². The summed E-state index contributed by atoms with van der Waals surface area (Å²) in [5.41, 5.74) is 2.44. The Morgan fingerprint density at radius 3 is 1.88 bits per heavy atom. The molecule has 40 heavy (non-hydrogen) atoms. The van der Waals surface area contributed by atoms with E-state index in [0.717, 1.165) is 60.4 Å². The van der Waals surface area contributed by atoms with Crippen molar-refractivity contribution in [2.45, 2.75) is 38.8 Å². The van der Waals surface area contributed by atoms with E-state index in [1.807, 2.05) is 24.3 Å². The summed E-state index contributed by atoms with van der Waals surface area (Å²) < 4.78 is 27.4. The van der Waals surface area contributed by atoms with Crippen molar-refractivity contribution in [1.29, 1.82) is 0 Å². The summed E-state index contributed by atoms with van der Waals surface area (Å²) in [5, 5.41) is 4.27. The van der Waals surface area contributed by atoms with E-state index in [1.165, 1.54) is 18.2 Å². The minimum absolute atomic E-state index is 0.153. The lowest BCUT2D eigenvalue weighted by Crippen LogP contribution is -2.24. The number of carbonyl (C=O) groups excluding carboxylic acids is 1. The number of benzene rings is 4. The summed E-state index contributed by atoms with van der Waals surface area (Å²) in [6.07, 6.45) is 3.22. The van der Waals surface area contributed by atoms with Crippen molar-refractivity contribution in [3.8, 4) is 23.0 Å². The molecule has 0 fully saturated rings. The molecule has 0 heterocycles. The van der Waals surface area contributed by atoms with Crippen LogP contribution in [0.5, 0.6) is 23.0 Å². The van der Waals surface area contributed by atoms with Crippen molar-refractivity contribution in [2.24, 2.45) is 0 Å². The normalized spacial score (nSPS) is 11.2. The van der Waals surface area contributed by atoms with Crippen LogP contribution in [0.3, 0.4) is 0 Å². The third kappa shape index (κ3) is 6.77. The van der Waals surface area contributed by atoms with Gasteiger partial charge in [-0.25, -0.2) is 0 Å². The van der Waals surface area contributed by atoms with Crippen LogP contribution in [0, 0.1) is 0 Å². The monoisotopic (exact) mass is 545 g/mol. The average Bonchev–Trinajstić information content (AvgIpc) is 2.99. The van der Waals surface area contributed by atoms with Crippen LogP contribution in [-0.4, -0.2) is 53.0 Å². The Labute approximate surface area is 236 Å². The molecule has 0 bridgehead atoms. The van der Waals surface area contributed by atoms with Gasteiger partial charge in [-0.05, 0) is 82.4 Å². The summed E-state index contributed by atoms with van der Waals surface area (Å²) in [4.78, 5) is 14.0. The van der Waals surface area contributed by atoms with Crippen LogP contribution in [0.4, 0.5) is 0 Å². The molecule has 0 N–H and O–H groups in total. The first-order valence-corrected chi connectivity index (χ1v) is 13.6. The highest BCUT2D eigenvalue weighted by atomic mass is 16.5. The first-order chi connectivity index (χ1) is 19.5. The van der Waals surface area contributed by atoms with Crippen molar-refractivity contribution in [3.63, 3.8) is 0 Å². The fraction of sp³-hybridized carbons (Fsp3) is 0.364. The van der Waals surface area contributed by atoms with Gasteiger partial charge >= 0.3 is 5.97 Å². The van der Waals surface area contributed by atoms with Gasteiger partial charge in [0.25, 0.3) is 0 Å². The number of esters is 1. The zero-order valence-corrected chi connectivity index (χ0v) is 24.1. The minimum Gasteiger partial charge on any atom is -0.493 e. The number of ether oxygens (including phenoxy) is 5. The standard InChI is InChI=1S/C33H39NO6/c1-36-29-17-24-16-25(27-19-31(38-3)32(39-4)20-28(27)26(24)18-30(29)37-2)22-34(21-23-12-8-6-9-13-23)15-11-7-10-14-33(35)40-5/h6,8-9,12-13,16-20H,7,10-11,14-15,21-22H2,1-5H3. The van der Waals surface area contributed by atoms with Gasteiger partial charge in [0.05, 0.1) is 35.5 Å². The second-order valence-electron chi connectivity index (χ2n) is 9.80. The number of hydrogen-bond acceptors (Lipinski definition) is 7. The number of fused-ring (bicyclic) bond motifs is 3. The van der Waals surface area contributed by atoms with Crippen molar-refractivity contribution in [3.05, 3.63) is 71.8 Å². The van der Waals surface area contributed by atoms with E-state index >= 15 is 0 Å². The zero-order valence-electron chi connectivity index (χ0n) is 24.1. The average molecular weight is 546 g/mol. The fourth-order valence-corrected chi connectivity index (χ4v) is 5.19. The third-order valence-corrected chi connectivity index (χ3v) is 7.27. The maximum Gasteiger partial charge on any atom is 0.305 e. The van der Waals surface area contributed by atoms with E-state index in [4.69, 9.17) is 23.7 Å². The number of unbranched alkanes of at least 4 members (excludes halogenated alkanes) is 2. The number of methoxy groups -OCH3 is 5. The predicted molar refractivity (Wildman–Crippen MR) is 159 cm³/mol. The van der Waals surface area contributed by atoms with Gasteiger partial charge in [-0.15, -0.1) is 0 Å². The molecule has 0 spiro atoms. The van der Waals surface area contributed by atoms with Gasteiger partial charge in [0.15, 0.2) is 23.0 Å². The molecule has 0 aliphatic rings. The molecule has 212 valence electrons. The molecule has 0 aliphatic carbocycles. The fourth-order valence-electron chi connectivity index (χ4n) is 5.19. The SMILES string of the molecule is COC(=O)CCCCCN(Cc1ccccc1)Cc1cc2cc(OC)c(OC)cc2c2cc(OC)c(OC)cc12. The van der Waals surface area contributed by atoms with Crippen molar-refractivity contribution >= 4 is 27.5 Å². The number of hydrogen-bond donors (Lipinski definition) is 0. The number of nitrogens with zero attached hydrogens (tertiary/aromatic N) is 1. The maximum absolute atomic E-state index is 11.5. The Balaban J connectivity index is 1.75. The maximum atomic E-state index is 11.5. The molecule has 0 unspecified atom stereocenters. The van der Waals surface area contributed by atoms with Gasteiger partial charge in [0.1, 0.15) is 0 Å². The lowest BCUT2D eigenvalue weighted by atomic mass is 9.95. The van der Waals surface area contributed by atoms with E-state index in [0.29, 0.717) is 29.4 Å².